The number of hydrogen-bond acceptors (Lipinski definition) is 3. The maximum absolute atomic E-state index is 13.4. The van der Waals surface area contributed by atoms with Gasteiger partial charge in [-0.05, 0) is 75.1 Å². The Hall–Kier alpha value is -1.62. The quantitative estimate of drug-likeness (QED) is 0.868. The highest BCUT2D eigenvalue weighted by molar-refractivity contribution is 5.76. The van der Waals surface area contributed by atoms with Crippen LogP contribution in [0.25, 0.3) is 0 Å². The van der Waals surface area contributed by atoms with Crippen molar-refractivity contribution in [2.24, 2.45) is 5.92 Å². The molecule has 3 saturated heterocycles. The highest BCUT2D eigenvalue weighted by Gasteiger charge is 2.34. The first-order valence-corrected chi connectivity index (χ1v) is 10.1. The van der Waals surface area contributed by atoms with Crippen LogP contribution in [0, 0.1) is 18.7 Å². The summed E-state index contributed by atoms with van der Waals surface area (Å²) in [5.74, 6) is 0.552. The zero-order valence-electron chi connectivity index (χ0n) is 15.6. The minimum absolute atomic E-state index is 0.191. The van der Waals surface area contributed by atoms with E-state index in [1.807, 2.05) is 13.0 Å². The Kier molecular flexibility index (Phi) is 5.16. The lowest BCUT2D eigenvalue weighted by atomic mass is 9.89. The molecule has 142 valence electrons. The second-order valence-corrected chi connectivity index (χ2v) is 8.46. The van der Waals surface area contributed by atoms with Crippen molar-refractivity contribution < 1.29 is 9.18 Å². The van der Waals surface area contributed by atoms with Gasteiger partial charge in [0.05, 0.1) is 0 Å². The summed E-state index contributed by atoms with van der Waals surface area (Å²) in [6, 6.07) is 6.44. The average molecular weight is 359 g/mol. The summed E-state index contributed by atoms with van der Waals surface area (Å²) < 4.78 is 13.4. The lowest BCUT2D eigenvalue weighted by Gasteiger charge is -2.36. The van der Waals surface area contributed by atoms with Crippen LogP contribution in [0.4, 0.5) is 10.1 Å². The van der Waals surface area contributed by atoms with Crippen molar-refractivity contribution in [1.29, 1.82) is 0 Å². The summed E-state index contributed by atoms with van der Waals surface area (Å²) in [5.41, 5.74) is 2.04. The second kappa shape index (κ2) is 7.55. The predicted molar refractivity (Wildman–Crippen MR) is 102 cm³/mol. The Morgan fingerprint density at radius 1 is 1.27 bits per heavy atom. The molecule has 3 aliphatic heterocycles. The van der Waals surface area contributed by atoms with Crippen molar-refractivity contribution in [3.05, 3.63) is 29.6 Å². The van der Waals surface area contributed by atoms with E-state index in [4.69, 9.17) is 0 Å². The average Bonchev–Trinajstić information content (AvgIpc) is 2.93. The van der Waals surface area contributed by atoms with Crippen LogP contribution in [-0.4, -0.2) is 37.1 Å². The molecule has 3 atom stereocenters. The summed E-state index contributed by atoms with van der Waals surface area (Å²) in [6.07, 6.45) is 7.60. The molecule has 0 spiro atoms. The number of aryl methyl sites for hydroxylation is 1. The zero-order chi connectivity index (χ0) is 18.1. The number of carbonyl (C=O) groups is 1. The molecule has 1 aromatic carbocycles. The first-order chi connectivity index (χ1) is 12.6. The molecule has 0 saturated carbocycles. The summed E-state index contributed by atoms with van der Waals surface area (Å²) in [6.45, 7) is 3.73. The number of hydrogen-bond donors (Lipinski definition) is 2. The van der Waals surface area contributed by atoms with Crippen LogP contribution >= 0.6 is 0 Å². The number of nitrogens with one attached hydrogen (secondary N) is 2. The highest BCUT2D eigenvalue weighted by atomic mass is 19.1. The van der Waals surface area contributed by atoms with Gasteiger partial charge in [-0.15, -0.1) is 0 Å². The minimum Gasteiger partial charge on any atom is -0.369 e. The van der Waals surface area contributed by atoms with Gasteiger partial charge in [0, 0.05) is 43.3 Å². The topological polar surface area (TPSA) is 44.4 Å². The molecule has 5 heteroatoms. The molecule has 0 aromatic heterocycles. The van der Waals surface area contributed by atoms with Gasteiger partial charge in [0.15, 0.2) is 0 Å². The molecule has 0 radical (unpaired) electrons. The van der Waals surface area contributed by atoms with E-state index >= 15 is 0 Å². The zero-order valence-corrected chi connectivity index (χ0v) is 15.6. The molecular formula is C21H30FN3O. The number of amides is 1. The Morgan fingerprint density at radius 3 is 2.77 bits per heavy atom. The van der Waals surface area contributed by atoms with Crippen molar-refractivity contribution in [2.45, 2.75) is 70.0 Å². The van der Waals surface area contributed by atoms with Gasteiger partial charge in [-0.3, -0.25) is 4.79 Å². The number of rotatable bonds is 4. The highest BCUT2D eigenvalue weighted by Crippen LogP contribution is 2.32. The van der Waals surface area contributed by atoms with Crippen molar-refractivity contribution in [2.75, 3.05) is 18.0 Å². The third kappa shape index (κ3) is 4.03. The van der Waals surface area contributed by atoms with E-state index in [-0.39, 0.29) is 17.8 Å². The van der Waals surface area contributed by atoms with Crippen molar-refractivity contribution in [3.63, 3.8) is 0 Å². The van der Waals surface area contributed by atoms with Crippen molar-refractivity contribution >= 4 is 11.6 Å². The number of carbonyl (C=O) groups excluding carboxylic acids is 1. The summed E-state index contributed by atoms with van der Waals surface area (Å²) in [4.78, 5) is 14.9. The molecule has 1 amide bonds. The largest absolute Gasteiger partial charge is 0.369 e. The van der Waals surface area contributed by atoms with E-state index < -0.39 is 0 Å². The van der Waals surface area contributed by atoms with Gasteiger partial charge < -0.3 is 15.5 Å². The van der Waals surface area contributed by atoms with Crippen LogP contribution in [0.1, 0.15) is 50.5 Å². The fraction of sp³-hybridized carbons (Fsp3) is 0.667. The van der Waals surface area contributed by atoms with Crippen LogP contribution in [0.2, 0.25) is 0 Å². The molecule has 4 rings (SSSR count). The van der Waals surface area contributed by atoms with Gasteiger partial charge in [0.25, 0.3) is 0 Å². The van der Waals surface area contributed by atoms with Gasteiger partial charge in [-0.2, -0.15) is 0 Å². The second-order valence-electron chi connectivity index (χ2n) is 8.46. The van der Waals surface area contributed by atoms with E-state index in [0.717, 1.165) is 50.0 Å². The number of nitrogens with zero attached hydrogens (tertiary/aromatic N) is 1. The Morgan fingerprint density at radius 2 is 2.04 bits per heavy atom. The number of benzene rings is 1. The van der Waals surface area contributed by atoms with E-state index in [1.165, 1.54) is 18.9 Å². The maximum Gasteiger partial charge on any atom is 0.220 e. The third-order valence-corrected chi connectivity index (χ3v) is 6.33. The van der Waals surface area contributed by atoms with E-state index in [2.05, 4.69) is 15.5 Å². The molecule has 0 aliphatic carbocycles. The van der Waals surface area contributed by atoms with E-state index in [1.54, 1.807) is 6.07 Å². The smallest absolute Gasteiger partial charge is 0.220 e. The van der Waals surface area contributed by atoms with Crippen LogP contribution in [0.15, 0.2) is 18.2 Å². The van der Waals surface area contributed by atoms with Crippen LogP contribution in [0.5, 0.6) is 0 Å². The lowest BCUT2D eigenvalue weighted by Crippen LogP contribution is -2.48. The molecule has 1 aromatic rings. The molecular weight excluding hydrogens is 329 g/mol. The van der Waals surface area contributed by atoms with Gasteiger partial charge in [-0.25, -0.2) is 4.39 Å². The van der Waals surface area contributed by atoms with Crippen LogP contribution in [0.3, 0.4) is 0 Å². The number of fused-ring (bicyclic) bond motifs is 2. The van der Waals surface area contributed by atoms with Gasteiger partial charge >= 0.3 is 0 Å². The van der Waals surface area contributed by atoms with Crippen molar-refractivity contribution in [1.82, 2.24) is 10.6 Å². The van der Waals surface area contributed by atoms with Crippen molar-refractivity contribution in [3.8, 4) is 0 Å². The number of piperidine rings is 2. The van der Waals surface area contributed by atoms with Gasteiger partial charge in [0.2, 0.25) is 5.91 Å². The van der Waals surface area contributed by atoms with E-state index in [0.29, 0.717) is 24.4 Å². The molecule has 3 fully saturated rings. The molecule has 4 nitrogen and oxygen atoms in total. The first kappa shape index (κ1) is 17.8. The first-order valence-electron chi connectivity index (χ1n) is 10.1. The Balaban J connectivity index is 1.31. The normalized spacial score (nSPS) is 31.1. The fourth-order valence-electron chi connectivity index (χ4n) is 5.18. The molecule has 2 bridgehead atoms. The third-order valence-electron chi connectivity index (χ3n) is 6.33. The molecule has 26 heavy (non-hydrogen) atoms. The maximum atomic E-state index is 13.4. The Bertz CT molecular complexity index is 653. The van der Waals surface area contributed by atoms with Gasteiger partial charge in [-0.1, -0.05) is 0 Å². The Labute approximate surface area is 155 Å². The molecule has 3 heterocycles. The number of halogens is 1. The summed E-state index contributed by atoms with van der Waals surface area (Å²) >= 11 is 0. The van der Waals surface area contributed by atoms with Crippen LogP contribution < -0.4 is 15.5 Å². The molecule has 2 N–H and O–H groups in total. The monoisotopic (exact) mass is 359 g/mol. The predicted octanol–water partition coefficient (Wildman–Crippen LogP) is 3.14. The fourth-order valence-corrected chi connectivity index (χ4v) is 5.18. The standard InChI is InChI=1S/C21H30FN3O/c1-14-9-16(22)4-7-20(14)25-8-2-3-19(13-25)24-21(26)12-15-10-17-5-6-18(11-15)23-17/h4,7,9,15,17-19,23H,2-3,5-6,8,10-13H2,1H3,(H,24,26). The molecule has 3 unspecified atom stereocenters. The minimum atomic E-state index is -0.191. The molecule has 3 aliphatic rings. The van der Waals surface area contributed by atoms with E-state index in [9.17, 15) is 9.18 Å². The number of anilines is 1. The summed E-state index contributed by atoms with van der Waals surface area (Å²) in [5, 5.41) is 6.91. The lowest BCUT2D eigenvalue weighted by molar-refractivity contribution is -0.123. The SMILES string of the molecule is Cc1cc(F)ccc1N1CCCC(NC(=O)CC2CC3CCC(C2)N3)C1. The van der Waals surface area contributed by atoms with Crippen LogP contribution in [-0.2, 0) is 4.79 Å². The van der Waals surface area contributed by atoms with Gasteiger partial charge in [0.1, 0.15) is 5.82 Å². The summed E-state index contributed by atoms with van der Waals surface area (Å²) in [7, 11) is 0.